The third-order valence-electron chi connectivity index (χ3n) is 5.86. The Balaban J connectivity index is 2.01. The molecule has 0 N–H and O–H groups in total. The molecule has 0 bridgehead atoms. The molecule has 0 aliphatic rings. The molecule has 4 rings (SSSR count). The molecule has 4 aromatic rings. The van der Waals surface area contributed by atoms with Crippen molar-refractivity contribution in [3.8, 4) is 11.1 Å². The first-order chi connectivity index (χ1) is 14.3. The first-order valence-electron chi connectivity index (χ1n) is 10.3. The second kappa shape index (κ2) is 7.20. The van der Waals surface area contributed by atoms with E-state index < -0.39 is 0 Å². The van der Waals surface area contributed by atoms with Crippen LogP contribution in [0.3, 0.4) is 0 Å². The maximum absolute atomic E-state index is 12.9. The van der Waals surface area contributed by atoms with Crippen molar-refractivity contribution in [2.24, 2.45) is 0 Å². The first kappa shape index (κ1) is 20.0. The SMILES string of the molecule is CCc1c(C)nc2cc(-c3cc(C)n4c(=O)c(CC)c(C)nc4c3)cc(C)n2c1=O. The van der Waals surface area contributed by atoms with E-state index in [1.54, 1.807) is 8.80 Å². The van der Waals surface area contributed by atoms with E-state index in [-0.39, 0.29) is 11.1 Å². The van der Waals surface area contributed by atoms with Gasteiger partial charge in [-0.2, -0.15) is 0 Å². The second-order valence-corrected chi connectivity index (χ2v) is 7.83. The fourth-order valence-electron chi connectivity index (χ4n) is 4.33. The molecule has 0 unspecified atom stereocenters. The lowest BCUT2D eigenvalue weighted by Gasteiger charge is -2.14. The van der Waals surface area contributed by atoms with Crippen LogP contribution in [-0.4, -0.2) is 18.8 Å². The van der Waals surface area contributed by atoms with E-state index in [1.165, 1.54) is 0 Å². The highest BCUT2D eigenvalue weighted by atomic mass is 16.1. The van der Waals surface area contributed by atoms with Gasteiger partial charge in [-0.15, -0.1) is 0 Å². The quantitative estimate of drug-likeness (QED) is 0.524. The molecular formula is C24H26N4O2. The summed E-state index contributed by atoms with van der Waals surface area (Å²) in [6.45, 7) is 11.5. The highest BCUT2D eigenvalue weighted by molar-refractivity contribution is 5.72. The summed E-state index contributed by atoms with van der Waals surface area (Å²) in [5, 5.41) is 0. The number of aromatic nitrogens is 4. The van der Waals surface area contributed by atoms with Gasteiger partial charge in [-0.25, -0.2) is 9.97 Å². The predicted octanol–water partition coefficient (Wildman–Crippen LogP) is 3.73. The van der Waals surface area contributed by atoms with Crippen LogP contribution < -0.4 is 11.1 Å². The van der Waals surface area contributed by atoms with E-state index in [0.717, 1.165) is 45.0 Å². The molecule has 0 radical (unpaired) electrons. The molecule has 4 heterocycles. The van der Waals surface area contributed by atoms with E-state index >= 15 is 0 Å². The smallest absolute Gasteiger partial charge is 0.261 e. The Morgan fingerprint density at radius 1 is 0.667 bits per heavy atom. The minimum absolute atomic E-state index is 0.00493. The number of hydrogen-bond donors (Lipinski definition) is 0. The molecular weight excluding hydrogens is 376 g/mol. The maximum atomic E-state index is 12.9. The van der Waals surface area contributed by atoms with Crippen LogP contribution in [0.25, 0.3) is 22.4 Å². The topological polar surface area (TPSA) is 68.7 Å². The molecule has 4 aromatic heterocycles. The molecule has 6 nitrogen and oxygen atoms in total. The van der Waals surface area contributed by atoms with Crippen LogP contribution in [0.5, 0.6) is 0 Å². The third kappa shape index (κ3) is 2.95. The average Bonchev–Trinajstić information content (AvgIpc) is 2.67. The minimum Gasteiger partial charge on any atom is -0.269 e. The van der Waals surface area contributed by atoms with Gasteiger partial charge in [-0.1, -0.05) is 13.8 Å². The number of rotatable bonds is 3. The molecule has 0 aliphatic heterocycles. The van der Waals surface area contributed by atoms with Crippen LogP contribution >= 0.6 is 0 Å². The Morgan fingerprint density at radius 3 is 1.37 bits per heavy atom. The van der Waals surface area contributed by atoms with Gasteiger partial charge in [0.15, 0.2) is 0 Å². The summed E-state index contributed by atoms with van der Waals surface area (Å²) in [7, 11) is 0. The van der Waals surface area contributed by atoms with Crippen LogP contribution in [0.1, 0.15) is 47.8 Å². The Morgan fingerprint density at radius 2 is 1.03 bits per heavy atom. The minimum atomic E-state index is -0.00493. The molecule has 0 spiro atoms. The van der Waals surface area contributed by atoms with Crippen molar-refractivity contribution < 1.29 is 0 Å². The number of fused-ring (bicyclic) bond motifs is 2. The predicted molar refractivity (Wildman–Crippen MR) is 120 cm³/mol. The van der Waals surface area contributed by atoms with Crippen LogP contribution in [0.2, 0.25) is 0 Å². The zero-order chi connectivity index (χ0) is 21.7. The first-order valence-corrected chi connectivity index (χ1v) is 10.3. The molecule has 154 valence electrons. The van der Waals surface area contributed by atoms with E-state index in [2.05, 4.69) is 9.97 Å². The van der Waals surface area contributed by atoms with E-state index in [9.17, 15) is 9.59 Å². The fourth-order valence-corrected chi connectivity index (χ4v) is 4.33. The van der Waals surface area contributed by atoms with Crippen LogP contribution in [0, 0.1) is 27.7 Å². The molecule has 0 amide bonds. The fraction of sp³-hybridized carbons (Fsp3) is 0.333. The van der Waals surface area contributed by atoms with Gasteiger partial charge in [0, 0.05) is 33.9 Å². The average molecular weight is 402 g/mol. The lowest BCUT2D eigenvalue weighted by molar-refractivity contribution is 0.909. The van der Waals surface area contributed by atoms with Gasteiger partial charge < -0.3 is 0 Å². The summed E-state index contributed by atoms with van der Waals surface area (Å²) in [5.41, 5.74) is 7.82. The summed E-state index contributed by atoms with van der Waals surface area (Å²) >= 11 is 0. The Kier molecular flexibility index (Phi) is 4.80. The Labute approximate surface area is 174 Å². The summed E-state index contributed by atoms with van der Waals surface area (Å²) in [5.74, 6) is 0. The second-order valence-electron chi connectivity index (χ2n) is 7.83. The van der Waals surface area contributed by atoms with Gasteiger partial charge in [-0.05, 0) is 75.9 Å². The van der Waals surface area contributed by atoms with Crippen molar-refractivity contribution in [3.63, 3.8) is 0 Å². The highest BCUT2D eigenvalue weighted by Crippen LogP contribution is 2.24. The summed E-state index contributed by atoms with van der Waals surface area (Å²) < 4.78 is 3.34. The zero-order valence-corrected chi connectivity index (χ0v) is 18.3. The van der Waals surface area contributed by atoms with Crippen molar-refractivity contribution in [2.75, 3.05) is 0 Å². The van der Waals surface area contributed by atoms with Crippen molar-refractivity contribution in [3.05, 3.63) is 78.9 Å². The van der Waals surface area contributed by atoms with E-state index in [0.29, 0.717) is 24.1 Å². The molecule has 0 fully saturated rings. The molecule has 0 aliphatic carbocycles. The lowest BCUT2D eigenvalue weighted by Crippen LogP contribution is -2.23. The number of aryl methyl sites for hydroxylation is 4. The van der Waals surface area contributed by atoms with Crippen molar-refractivity contribution in [1.82, 2.24) is 18.8 Å². The van der Waals surface area contributed by atoms with Crippen LogP contribution in [0.4, 0.5) is 0 Å². The van der Waals surface area contributed by atoms with Crippen LogP contribution in [0.15, 0.2) is 33.9 Å². The lowest BCUT2D eigenvalue weighted by atomic mass is 10.0. The largest absolute Gasteiger partial charge is 0.269 e. The van der Waals surface area contributed by atoms with E-state index in [1.807, 2.05) is 65.8 Å². The Hall–Kier alpha value is -3.28. The molecule has 0 atom stereocenters. The normalized spacial score (nSPS) is 11.5. The van der Waals surface area contributed by atoms with E-state index in [4.69, 9.17) is 0 Å². The zero-order valence-electron chi connectivity index (χ0n) is 18.3. The maximum Gasteiger partial charge on any atom is 0.261 e. The number of pyridine rings is 2. The summed E-state index contributed by atoms with van der Waals surface area (Å²) in [6.07, 6.45) is 1.32. The molecule has 0 saturated carbocycles. The van der Waals surface area contributed by atoms with Gasteiger partial charge >= 0.3 is 0 Å². The highest BCUT2D eigenvalue weighted by Gasteiger charge is 2.14. The van der Waals surface area contributed by atoms with Crippen molar-refractivity contribution in [1.29, 1.82) is 0 Å². The number of hydrogen-bond acceptors (Lipinski definition) is 4. The van der Waals surface area contributed by atoms with Crippen molar-refractivity contribution >= 4 is 11.3 Å². The number of nitrogens with zero attached hydrogens (tertiary/aromatic N) is 4. The third-order valence-corrected chi connectivity index (χ3v) is 5.86. The van der Waals surface area contributed by atoms with Crippen LogP contribution in [-0.2, 0) is 12.8 Å². The van der Waals surface area contributed by atoms with Gasteiger partial charge in [0.2, 0.25) is 0 Å². The summed E-state index contributed by atoms with van der Waals surface area (Å²) in [4.78, 5) is 35.1. The molecule has 0 aromatic carbocycles. The van der Waals surface area contributed by atoms with Gasteiger partial charge in [0.1, 0.15) is 11.3 Å². The van der Waals surface area contributed by atoms with Gasteiger partial charge in [0.05, 0.1) is 0 Å². The van der Waals surface area contributed by atoms with Crippen molar-refractivity contribution in [2.45, 2.75) is 54.4 Å². The molecule has 30 heavy (non-hydrogen) atoms. The summed E-state index contributed by atoms with van der Waals surface area (Å²) in [6, 6.07) is 7.83. The molecule has 0 saturated heterocycles. The van der Waals surface area contributed by atoms with Gasteiger partial charge in [0.25, 0.3) is 11.1 Å². The van der Waals surface area contributed by atoms with Gasteiger partial charge in [-0.3, -0.25) is 18.4 Å². The standard InChI is InChI=1S/C24H26N4O2/c1-7-19-15(5)25-21-11-17(9-13(3)27(21)23(19)29)18-10-14(4)28-22(12-18)26-16(6)20(8-2)24(28)30/h9-12H,7-8H2,1-6H3. The Bertz CT molecular complexity index is 1330. The monoisotopic (exact) mass is 402 g/mol. The molecule has 6 heteroatoms.